The molecule has 0 aliphatic rings. The maximum absolute atomic E-state index is 8.78. The lowest BCUT2D eigenvalue weighted by Gasteiger charge is -2.31. The van der Waals surface area contributed by atoms with E-state index in [9.17, 15) is 0 Å². The van der Waals surface area contributed by atoms with Gasteiger partial charge >= 0.3 is 8.60 Å². The third kappa shape index (κ3) is 7.17. The van der Waals surface area contributed by atoms with Gasteiger partial charge in [0.25, 0.3) is 0 Å². The molecular formula is C22H31O3P. The number of hydrogen-bond donors (Lipinski definition) is 2. The lowest BCUT2D eigenvalue weighted by Crippen LogP contribution is -2.21. The summed E-state index contributed by atoms with van der Waals surface area (Å²) in [5.41, 5.74) is 2.91. The molecular weight excluding hydrogens is 343 g/mol. The minimum atomic E-state index is -2.21. The first kappa shape index (κ1) is 21.1. The molecule has 1 unspecified atom stereocenters. The first-order valence-corrected chi connectivity index (χ1v) is 10.6. The van der Waals surface area contributed by atoms with Gasteiger partial charge in [0.05, 0.1) is 6.61 Å². The molecule has 0 saturated carbocycles. The van der Waals surface area contributed by atoms with Crippen LogP contribution in [0.5, 0.6) is 0 Å². The summed E-state index contributed by atoms with van der Waals surface area (Å²) in [6, 6.07) is 21.5. The van der Waals surface area contributed by atoms with Crippen molar-refractivity contribution in [3.8, 4) is 0 Å². The van der Waals surface area contributed by atoms with Crippen molar-refractivity contribution in [3.63, 3.8) is 0 Å². The Labute approximate surface area is 159 Å². The molecule has 0 aromatic heterocycles. The quantitative estimate of drug-likeness (QED) is 0.379. The Morgan fingerprint density at radius 3 is 2.12 bits per heavy atom. The number of rotatable bonds is 11. The van der Waals surface area contributed by atoms with E-state index in [2.05, 4.69) is 74.5 Å². The molecule has 0 saturated heterocycles. The minimum absolute atomic E-state index is 0.120. The van der Waals surface area contributed by atoms with Gasteiger partial charge < -0.3 is 14.3 Å². The van der Waals surface area contributed by atoms with Gasteiger partial charge in [-0.3, -0.25) is 0 Å². The molecule has 0 spiro atoms. The summed E-state index contributed by atoms with van der Waals surface area (Å²) < 4.78 is 4.85. The lowest BCUT2D eigenvalue weighted by molar-refractivity contribution is 0.248. The second-order valence-corrected chi connectivity index (χ2v) is 8.26. The molecule has 0 aliphatic carbocycles. The van der Waals surface area contributed by atoms with Gasteiger partial charge in [-0.15, -0.1) is 0 Å². The molecule has 142 valence electrons. The van der Waals surface area contributed by atoms with Crippen molar-refractivity contribution in [2.45, 2.75) is 57.3 Å². The molecule has 1 atom stereocenters. The highest BCUT2D eigenvalue weighted by atomic mass is 31.2. The minimum Gasteiger partial charge on any atom is -0.328 e. The zero-order valence-corrected chi connectivity index (χ0v) is 16.7. The van der Waals surface area contributed by atoms with Crippen molar-refractivity contribution >= 4 is 8.60 Å². The second kappa shape index (κ2) is 10.8. The van der Waals surface area contributed by atoms with Crippen LogP contribution >= 0.6 is 8.60 Å². The van der Waals surface area contributed by atoms with Crippen molar-refractivity contribution in [1.82, 2.24) is 0 Å². The topological polar surface area (TPSA) is 49.7 Å². The van der Waals surface area contributed by atoms with Gasteiger partial charge in [-0.1, -0.05) is 87.4 Å². The predicted octanol–water partition coefficient (Wildman–Crippen LogP) is 5.93. The molecule has 0 aliphatic heterocycles. The fourth-order valence-electron chi connectivity index (χ4n) is 3.55. The molecule has 3 nitrogen and oxygen atoms in total. The average Bonchev–Trinajstić information content (AvgIpc) is 2.64. The van der Waals surface area contributed by atoms with Crippen molar-refractivity contribution < 1.29 is 14.3 Å². The van der Waals surface area contributed by atoms with Crippen LogP contribution in [0.25, 0.3) is 0 Å². The van der Waals surface area contributed by atoms with Gasteiger partial charge in [-0.25, -0.2) is 0 Å². The van der Waals surface area contributed by atoms with Crippen LogP contribution < -0.4 is 0 Å². The lowest BCUT2D eigenvalue weighted by atomic mass is 9.74. The molecule has 2 aromatic carbocycles. The Morgan fingerprint density at radius 2 is 1.50 bits per heavy atom. The van der Waals surface area contributed by atoms with E-state index in [0.29, 0.717) is 12.5 Å². The van der Waals surface area contributed by atoms with Crippen molar-refractivity contribution in [3.05, 3.63) is 71.8 Å². The first-order chi connectivity index (χ1) is 12.5. The van der Waals surface area contributed by atoms with E-state index in [4.69, 9.17) is 14.3 Å². The van der Waals surface area contributed by atoms with Gasteiger partial charge in [0.15, 0.2) is 0 Å². The molecule has 4 heteroatoms. The van der Waals surface area contributed by atoms with Gasteiger partial charge in [-0.2, -0.15) is 0 Å². The number of benzene rings is 2. The fourth-order valence-corrected chi connectivity index (χ4v) is 3.84. The van der Waals surface area contributed by atoms with Crippen LogP contribution in [0.2, 0.25) is 0 Å². The maximum atomic E-state index is 8.78. The van der Waals surface area contributed by atoms with Crippen molar-refractivity contribution in [1.29, 1.82) is 0 Å². The Bertz CT molecular complexity index is 614. The summed E-state index contributed by atoms with van der Waals surface area (Å²) in [6.45, 7) is 5.08. The number of hydrogen-bond acceptors (Lipinski definition) is 3. The predicted molar refractivity (Wildman–Crippen MR) is 109 cm³/mol. The Balaban J connectivity index is 1.96. The van der Waals surface area contributed by atoms with E-state index in [1.54, 1.807) is 0 Å². The highest BCUT2D eigenvalue weighted by Crippen LogP contribution is 2.37. The first-order valence-electron chi connectivity index (χ1n) is 9.40. The third-order valence-corrected chi connectivity index (χ3v) is 5.40. The maximum Gasteiger partial charge on any atom is 0.327 e. The zero-order valence-electron chi connectivity index (χ0n) is 15.8. The summed E-state index contributed by atoms with van der Waals surface area (Å²) >= 11 is 0. The van der Waals surface area contributed by atoms with E-state index < -0.39 is 8.60 Å². The van der Waals surface area contributed by atoms with Crippen LogP contribution in [0.1, 0.15) is 63.0 Å². The standard InChI is InChI=1S/C22H31O3P/c1-22(2,21-15-9-4-10-16-21)18-20(19-12-6-3-7-13-19)14-8-5-11-17-25-26(23)24/h3-4,6-7,9-10,12-13,15-16,20,23-24H,5,8,11,14,17-18H2,1-2H3. The molecule has 0 bridgehead atoms. The summed E-state index contributed by atoms with van der Waals surface area (Å²) in [5, 5.41) is 0. The van der Waals surface area contributed by atoms with Crippen LogP contribution in [-0.4, -0.2) is 16.4 Å². The summed E-state index contributed by atoms with van der Waals surface area (Å²) in [5.74, 6) is 0.514. The smallest absolute Gasteiger partial charge is 0.327 e. The van der Waals surface area contributed by atoms with Gasteiger partial charge in [0, 0.05) is 0 Å². The Hall–Kier alpha value is -1.25. The van der Waals surface area contributed by atoms with Crippen LogP contribution in [0, 0.1) is 0 Å². The average molecular weight is 374 g/mol. The van der Waals surface area contributed by atoms with E-state index in [0.717, 1.165) is 32.1 Å². The molecule has 0 radical (unpaired) electrons. The fraction of sp³-hybridized carbons (Fsp3) is 0.455. The second-order valence-electron chi connectivity index (χ2n) is 7.50. The highest BCUT2D eigenvalue weighted by Gasteiger charge is 2.25. The Morgan fingerprint density at radius 1 is 0.885 bits per heavy atom. The SMILES string of the molecule is CC(C)(CC(CCCCCOP(O)O)c1ccccc1)c1ccccc1. The normalized spacial score (nSPS) is 13.1. The highest BCUT2D eigenvalue weighted by molar-refractivity contribution is 7.39. The van der Waals surface area contributed by atoms with E-state index >= 15 is 0 Å². The molecule has 0 amide bonds. The summed E-state index contributed by atoms with van der Waals surface area (Å²) in [6.07, 6.45) is 5.26. The van der Waals surface area contributed by atoms with Crippen molar-refractivity contribution in [2.75, 3.05) is 6.61 Å². The Kier molecular flexibility index (Phi) is 8.74. The van der Waals surface area contributed by atoms with Crippen LogP contribution in [-0.2, 0) is 9.94 Å². The number of unbranched alkanes of at least 4 members (excludes halogenated alkanes) is 2. The van der Waals surface area contributed by atoms with E-state index in [-0.39, 0.29) is 5.41 Å². The molecule has 2 rings (SSSR count). The molecule has 2 N–H and O–H groups in total. The van der Waals surface area contributed by atoms with Crippen molar-refractivity contribution in [2.24, 2.45) is 0 Å². The largest absolute Gasteiger partial charge is 0.328 e. The van der Waals surface area contributed by atoms with Crippen LogP contribution in [0.4, 0.5) is 0 Å². The molecule has 2 aromatic rings. The van der Waals surface area contributed by atoms with Crippen LogP contribution in [0.15, 0.2) is 60.7 Å². The summed E-state index contributed by atoms with van der Waals surface area (Å²) in [4.78, 5) is 17.6. The molecule has 0 fully saturated rings. The van der Waals surface area contributed by atoms with E-state index in [1.807, 2.05) is 0 Å². The van der Waals surface area contributed by atoms with Gasteiger partial charge in [-0.05, 0) is 41.7 Å². The van der Waals surface area contributed by atoms with Gasteiger partial charge in [0.1, 0.15) is 0 Å². The monoisotopic (exact) mass is 374 g/mol. The zero-order chi connectivity index (χ0) is 18.8. The summed E-state index contributed by atoms with van der Waals surface area (Å²) in [7, 11) is -2.21. The molecule has 0 heterocycles. The third-order valence-electron chi connectivity index (χ3n) is 4.99. The van der Waals surface area contributed by atoms with E-state index in [1.165, 1.54) is 11.1 Å². The van der Waals surface area contributed by atoms with Gasteiger partial charge in [0.2, 0.25) is 0 Å². The molecule has 26 heavy (non-hydrogen) atoms. The van der Waals surface area contributed by atoms with Crippen LogP contribution in [0.3, 0.4) is 0 Å².